The first-order valence-electron chi connectivity index (χ1n) is 7.40. The smallest absolute Gasteiger partial charge is 0.317 e. The van der Waals surface area contributed by atoms with Crippen LogP contribution in [0.3, 0.4) is 0 Å². The number of aliphatic carboxylic acids is 1. The molecule has 2 amide bonds. The number of hydrogen-bond donors (Lipinski definition) is 2. The van der Waals surface area contributed by atoms with Crippen LogP contribution in [-0.4, -0.2) is 52.6 Å². The summed E-state index contributed by atoms with van der Waals surface area (Å²) in [5.41, 5.74) is 0. The van der Waals surface area contributed by atoms with Crippen LogP contribution in [0.5, 0.6) is 0 Å². The number of nitrogens with zero attached hydrogens (tertiary/aromatic N) is 1. The van der Waals surface area contributed by atoms with Gasteiger partial charge in [-0.2, -0.15) is 11.8 Å². The van der Waals surface area contributed by atoms with Crippen LogP contribution in [-0.2, 0) is 4.79 Å². The lowest BCUT2D eigenvalue weighted by Gasteiger charge is -2.34. The second kappa shape index (κ2) is 7.20. The summed E-state index contributed by atoms with van der Waals surface area (Å²) in [7, 11) is 0. The number of thioether (sulfide) groups is 1. The number of nitrogens with one attached hydrogen (secondary N) is 1. The molecule has 5 nitrogen and oxygen atoms in total. The van der Waals surface area contributed by atoms with Gasteiger partial charge in [0.25, 0.3) is 0 Å². The van der Waals surface area contributed by atoms with E-state index in [1.165, 1.54) is 19.3 Å². The van der Waals surface area contributed by atoms with Crippen molar-refractivity contribution in [2.45, 2.75) is 38.6 Å². The number of urea groups is 1. The van der Waals surface area contributed by atoms with Crippen molar-refractivity contribution < 1.29 is 14.7 Å². The SMILES string of the molecule is CC1CCC(CNC(=O)N2CCSCC2CC(=O)O)C1. The predicted octanol–water partition coefficient (Wildman–Crippen LogP) is 2.02. The van der Waals surface area contributed by atoms with Crippen molar-refractivity contribution in [3.63, 3.8) is 0 Å². The van der Waals surface area contributed by atoms with E-state index in [1.807, 2.05) is 0 Å². The van der Waals surface area contributed by atoms with Gasteiger partial charge >= 0.3 is 12.0 Å². The van der Waals surface area contributed by atoms with Crippen LogP contribution in [0.25, 0.3) is 0 Å². The van der Waals surface area contributed by atoms with E-state index in [-0.39, 0.29) is 18.5 Å². The molecule has 1 saturated carbocycles. The van der Waals surface area contributed by atoms with Crippen molar-refractivity contribution >= 4 is 23.8 Å². The minimum atomic E-state index is -0.833. The van der Waals surface area contributed by atoms with Gasteiger partial charge < -0.3 is 15.3 Å². The number of carboxylic acid groups (broad SMARTS) is 1. The first kappa shape index (κ1) is 15.5. The fourth-order valence-electron chi connectivity index (χ4n) is 3.14. The molecule has 2 N–H and O–H groups in total. The molecule has 2 rings (SSSR count). The maximum atomic E-state index is 12.2. The Labute approximate surface area is 124 Å². The number of hydrogen-bond acceptors (Lipinski definition) is 3. The summed E-state index contributed by atoms with van der Waals surface area (Å²) in [6, 6.07) is -0.259. The van der Waals surface area contributed by atoms with Gasteiger partial charge in [-0.3, -0.25) is 4.79 Å². The van der Waals surface area contributed by atoms with Gasteiger partial charge in [0.2, 0.25) is 0 Å². The van der Waals surface area contributed by atoms with Crippen molar-refractivity contribution in [3.05, 3.63) is 0 Å². The van der Waals surface area contributed by atoms with Crippen LogP contribution < -0.4 is 5.32 Å². The fraction of sp³-hybridized carbons (Fsp3) is 0.857. The van der Waals surface area contributed by atoms with Crippen LogP contribution in [0.2, 0.25) is 0 Å². The van der Waals surface area contributed by atoms with Crippen molar-refractivity contribution in [2.75, 3.05) is 24.6 Å². The van der Waals surface area contributed by atoms with E-state index in [1.54, 1.807) is 16.7 Å². The summed E-state index contributed by atoms with van der Waals surface area (Å²) in [5.74, 6) is 2.14. The quantitative estimate of drug-likeness (QED) is 0.833. The third-order valence-corrected chi connectivity index (χ3v) is 5.34. The highest BCUT2D eigenvalue weighted by atomic mass is 32.2. The summed E-state index contributed by atoms with van der Waals surface area (Å²) >= 11 is 1.72. The third kappa shape index (κ3) is 4.30. The maximum absolute atomic E-state index is 12.2. The molecule has 2 fully saturated rings. The molecule has 0 radical (unpaired) electrons. The van der Waals surface area contributed by atoms with Gasteiger partial charge in [0.1, 0.15) is 0 Å². The Hall–Kier alpha value is -0.910. The van der Waals surface area contributed by atoms with Crippen molar-refractivity contribution in [2.24, 2.45) is 11.8 Å². The summed E-state index contributed by atoms with van der Waals surface area (Å²) < 4.78 is 0. The molecule has 2 aliphatic rings. The Balaban J connectivity index is 1.81. The summed E-state index contributed by atoms with van der Waals surface area (Å²) in [5, 5.41) is 11.9. The largest absolute Gasteiger partial charge is 0.481 e. The molecule has 0 aromatic rings. The lowest BCUT2D eigenvalue weighted by molar-refractivity contribution is -0.137. The zero-order valence-electron chi connectivity index (χ0n) is 12.0. The van der Waals surface area contributed by atoms with Crippen LogP contribution >= 0.6 is 11.8 Å². The van der Waals surface area contributed by atoms with E-state index in [9.17, 15) is 9.59 Å². The molecular formula is C14H24N2O3S. The Morgan fingerprint density at radius 1 is 1.40 bits per heavy atom. The molecule has 1 saturated heterocycles. The zero-order chi connectivity index (χ0) is 14.5. The van der Waals surface area contributed by atoms with Crippen LogP contribution in [0, 0.1) is 11.8 Å². The maximum Gasteiger partial charge on any atom is 0.317 e. The number of carbonyl (C=O) groups is 2. The van der Waals surface area contributed by atoms with E-state index in [4.69, 9.17) is 5.11 Å². The average Bonchev–Trinajstić information content (AvgIpc) is 2.82. The Morgan fingerprint density at radius 2 is 2.20 bits per heavy atom. The molecule has 1 aliphatic heterocycles. The van der Waals surface area contributed by atoms with Gasteiger partial charge in [0, 0.05) is 24.6 Å². The molecule has 114 valence electrons. The first-order chi connectivity index (χ1) is 9.56. The van der Waals surface area contributed by atoms with Crippen molar-refractivity contribution in [1.82, 2.24) is 10.2 Å². The average molecular weight is 300 g/mol. The highest BCUT2D eigenvalue weighted by Gasteiger charge is 2.29. The predicted molar refractivity (Wildman–Crippen MR) is 80.0 cm³/mol. The Bertz CT molecular complexity index is 364. The lowest BCUT2D eigenvalue weighted by atomic mass is 10.1. The zero-order valence-corrected chi connectivity index (χ0v) is 12.8. The van der Waals surface area contributed by atoms with Gasteiger partial charge in [0.05, 0.1) is 12.5 Å². The van der Waals surface area contributed by atoms with Gasteiger partial charge in [0.15, 0.2) is 0 Å². The monoisotopic (exact) mass is 300 g/mol. The standard InChI is InChI=1S/C14H24N2O3S/c1-10-2-3-11(6-10)8-15-14(19)16-4-5-20-9-12(16)7-13(17)18/h10-12H,2-9H2,1H3,(H,15,19)(H,17,18). The van der Waals surface area contributed by atoms with Crippen molar-refractivity contribution in [1.29, 1.82) is 0 Å². The molecule has 1 heterocycles. The topological polar surface area (TPSA) is 69.6 Å². The van der Waals surface area contributed by atoms with Crippen molar-refractivity contribution in [3.8, 4) is 0 Å². The number of carboxylic acids is 1. The summed E-state index contributed by atoms with van der Waals surface area (Å²) in [6.07, 6.45) is 3.67. The van der Waals surface area contributed by atoms with Crippen LogP contribution in [0.15, 0.2) is 0 Å². The lowest BCUT2D eigenvalue weighted by Crippen LogP contribution is -2.51. The normalized spacial score (nSPS) is 30.2. The molecule has 0 aromatic heterocycles. The van der Waals surface area contributed by atoms with Gasteiger partial charge in [-0.15, -0.1) is 0 Å². The molecule has 3 atom stereocenters. The van der Waals surface area contributed by atoms with Gasteiger partial charge in [-0.05, 0) is 24.7 Å². The highest BCUT2D eigenvalue weighted by Crippen LogP contribution is 2.29. The van der Waals surface area contributed by atoms with E-state index in [0.717, 1.165) is 24.0 Å². The molecule has 6 heteroatoms. The van der Waals surface area contributed by atoms with E-state index >= 15 is 0 Å². The fourth-order valence-corrected chi connectivity index (χ4v) is 4.20. The van der Waals surface area contributed by atoms with E-state index in [2.05, 4.69) is 12.2 Å². The summed E-state index contributed by atoms with van der Waals surface area (Å²) in [6.45, 7) is 3.63. The molecule has 0 aromatic carbocycles. The third-order valence-electron chi connectivity index (χ3n) is 4.24. The molecule has 1 aliphatic carbocycles. The molecule has 0 bridgehead atoms. The van der Waals surface area contributed by atoms with Crippen LogP contribution in [0.4, 0.5) is 4.79 Å². The first-order valence-corrected chi connectivity index (χ1v) is 8.55. The minimum Gasteiger partial charge on any atom is -0.481 e. The van der Waals surface area contributed by atoms with E-state index < -0.39 is 5.97 Å². The number of amides is 2. The minimum absolute atomic E-state index is 0.0425. The molecule has 0 spiro atoms. The van der Waals surface area contributed by atoms with Gasteiger partial charge in [-0.1, -0.05) is 13.3 Å². The molecular weight excluding hydrogens is 276 g/mol. The Morgan fingerprint density at radius 3 is 2.85 bits per heavy atom. The highest BCUT2D eigenvalue weighted by molar-refractivity contribution is 7.99. The second-order valence-electron chi connectivity index (χ2n) is 5.99. The van der Waals surface area contributed by atoms with Gasteiger partial charge in [-0.25, -0.2) is 4.79 Å². The molecule has 20 heavy (non-hydrogen) atoms. The number of carbonyl (C=O) groups excluding carboxylic acids is 1. The summed E-state index contributed by atoms with van der Waals surface area (Å²) in [4.78, 5) is 24.8. The Kier molecular flexibility index (Phi) is 5.57. The second-order valence-corrected chi connectivity index (χ2v) is 7.14. The van der Waals surface area contributed by atoms with Crippen LogP contribution in [0.1, 0.15) is 32.6 Å². The molecule has 3 unspecified atom stereocenters. The van der Waals surface area contributed by atoms with E-state index in [0.29, 0.717) is 12.5 Å². The number of rotatable bonds is 4.